The molecule has 0 spiro atoms. The van der Waals surface area contributed by atoms with E-state index < -0.39 is 10.0 Å². The van der Waals surface area contributed by atoms with Gasteiger partial charge < -0.3 is 9.47 Å². The van der Waals surface area contributed by atoms with Crippen molar-refractivity contribution in [3.05, 3.63) is 46.4 Å². The van der Waals surface area contributed by atoms with E-state index in [0.29, 0.717) is 17.4 Å². The minimum Gasteiger partial charge on any atom is -0.454 e. The first-order valence-corrected chi connectivity index (χ1v) is 9.49. The molecule has 0 bridgehead atoms. The van der Waals surface area contributed by atoms with Crippen molar-refractivity contribution in [1.82, 2.24) is 14.5 Å². The maximum absolute atomic E-state index is 12.4. The molecule has 1 aliphatic carbocycles. The van der Waals surface area contributed by atoms with Gasteiger partial charge in [0.1, 0.15) is 0 Å². The summed E-state index contributed by atoms with van der Waals surface area (Å²) in [6.07, 6.45) is 2.17. The van der Waals surface area contributed by atoms with Crippen LogP contribution in [0.25, 0.3) is 0 Å². The number of hydrogen-bond acceptors (Lipinski definition) is 6. The monoisotopic (exact) mass is 363 g/mol. The van der Waals surface area contributed by atoms with Crippen LogP contribution in [0, 0.1) is 0 Å². The highest BCUT2D eigenvalue weighted by molar-refractivity contribution is 7.89. The fraction of sp³-hybridized carbons (Fsp3) is 0.375. The summed E-state index contributed by atoms with van der Waals surface area (Å²) >= 11 is 0. The van der Waals surface area contributed by atoms with Crippen molar-refractivity contribution in [2.45, 2.75) is 30.2 Å². The Morgan fingerprint density at radius 2 is 1.96 bits per heavy atom. The van der Waals surface area contributed by atoms with Gasteiger partial charge in [0, 0.05) is 24.6 Å². The third-order valence-electron chi connectivity index (χ3n) is 4.15. The summed E-state index contributed by atoms with van der Waals surface area (Å²) in [5, 5.41) is 4.31. The van der Waals surface area contributed by atoms with Crippen LogP contribution in [0.5, 0.6) is 11.5 Å². The van der Waals surface area contributed by atoms with Crippen LogP contribution < -0.4 is 19.8 Å². The summed E-state index contributed by atoms with van der Waals surface area (Å²) in [5.74, 6) is 1.35. The van der Waals surface area contributed by atoms with E-state index >= 15 is 0 Å². The first-order valence-electron chi connectivity index (χ1n) is 8.00. The molecule has 1 saturated carbocycles. The first kappa shape index (κ1) is 16.1. The zero-order chi connectivity index (χ0) is 17.4. The number of aromatic nitrogens is 2. The van der Waals surface area contributed by atoms with Gasteiger partial charge in [-0.25, -0.2) is 17.8 Å². The first-order chi connectivity index (χ1) is 12.0. The highest BCUT2D eigenvalue weighted by atomic mass is 32.2. The second kappa shape index (κ2) is 6.16. The molecular weight excluding hydrogens is 346 g/mol. The van der Waals surface area contributed by atoms with E-state index in [4.69, 9.17) is 9.47 Å². The predicted octanol–water partition coefficient (Wildman–Crippen LogP) is 0.828. The third kappa shape index (κ3) is 3.38. The van der Waals surface area contributed by atoms with Gasteiger partial charge in [-0.1, -0.05) is 0 Å². The summed E-state index contributed by atoms with van der Waals surface area (Å²) in [6.45, 7) is 0.319. The maximum Gasteiger partial charge on any atom is 0.266 e. The van der Waals surface area contributed by atoms with E-state index in [1.165, 1.54) is 22.9 Å². The highest BCUT2D eigenvalue weighted by Crippen LogP contribution is 2.38. The number of rotatable bonds is 6. The second-order valence-corrected chi connectivity index (χ2v) is 7.77. The third-order valence-corrected chi connectivity index (χ3v) is 5.61. The molecule has 1 aromatic carbocycles. The molecule has 9 heteroatoms. The quantitative estimate of drug-likeness (QED) is 0.816. The van der Waals surface area contributed by atoms with Crippen LogP contribution in [0.2, 0.25) is 0 Å². The molecule has 2 aromatic rings. The van der Waals surface area contributed by atoms with Gasteiger partial charge in [0.15, 0.2) is 11.5 Å². The van der Waals surface area contributed by atoms with Crippen molar-refractivity contribution < 1.29 is 17.9 Å². The van der Waals surface area contributed by atoms with Gasteiger partial charge in [-0.15, -0.1) is 0 Å². The Morgan fingerprint density at radius 1 is 1.16 bits per heavy atom. The molecule has 25 heavy (non-hydrogen) atoms. The Morgan fingerprint density at radius 3 is 2.76 bits per heavy atom. The lowest BCUT2D eigenvalue weighted by Crippen LogP contribution is -2.32. The van der Waals surface area contributed by atoms with Crippen LogP contribution in [0.15, 0.2) is 40.0 Å². The topological polar surface area (TPSA) is 99.5 Å². The molecule has 0 atom stereocenters. The van der Waals surface area contributed by atoms with E-state index in [0.717, 1.165) is 18.5 Å². The molecule has 1 fully saturated rings. The molecule has 1 aromatic heterocycles. The van der Waals surface area contributed by atoms with Crippen molar-refractivity contribution in [2.75, 3.05) is 13.3 Å². The average Bonchev–Trinajstić information content (AvgIpc) is 3.33. The fourth-order valence-electron chi connectivity index (χ4n) is 2.63. The van der Waals surface area contributed by atoms with Crippen LogP contribution >= 0.6 is 0 Å². The molecule has 1 aliphatic heterocycles. The zero-order valence-electron chi connectivity index (χ0n) is 13.3. The number of hydrogen-bond donors (Lipinski definition) is 1. The fourth-order valence-corrected chi connectivity index (χ4v) is 3.67. The summed E-state index contributed by atoms with van der Waals surface area (Å²) < 4.78 is 38.9. The van der Waals surface area contributed by atoms with Crippen LogP contribution in [-0.4, -0.2) is 31.5 Å². The maximum atomic E-state index is 12.4. The van der Waals surface area contributed by atoms with E-state index in [9.17, 15) is 13.2 Å². The Bertz CT molecular complexity index is 966. The van der Waals surface area contributed by atoms with E-state index in [-0.39, 0.29) is 30.3 Å². The van der Waals surface area contributed by atoms with Crippen molar-refractivity contribution in [3.63, 3.8) is 0 Å². The Kier molecular flexibility index (Phi) is 3.97. The molecular formula is C16H17N3O5S. The Balaban J connectivity index is 1.44. The standard InChI is InChI=1S/C16H17N3O5S/c20-16-6-4-13(11-1-2-11)18-19(16)8-7-17-25(21,22)12-3-5-14-15(9-12)24-10-23-14/h3-6,9,11,17H,1-2,7-8,10H2. The largest absolute Gasteiger partial charge is 0.454 e. The second-order valence-electron chi connectivity index (χ2n) is 6.01. The summed E-state index contributed by atoms with van der Waals surface area (Å²) in [4.78, 5) is 11.9. The zero-order valence-corrected chi connectivity index (χ0v) is 14.2. The lowest BCUT2D eigenvalue weighted by atomic mass is 10.3. The molecule has 0 radical (unpaired) electrons. The van der Waals surface area contributed by atoms with Gasteiger partial charge >= 0.3 is 0 Å². The lowest BCUT2D eigenvalue weighted by Gasteiger charge is -2.09. The molecule has 4 rings (SSSR count). The average molecular weight is 363 g/mol. The van der Waals surface area contributed by atoms with Gasteiger partial charge in [-0.05, 0) is 31.0 Å². The number of ether oxygens (including phenoxy) is 2. The summed E-state index contributed by atoms with van der Waals surface area (Å²) in [6, 6.07) is 7.65. The van der Waals surface area contributed by atoms with Gasteiger partial charge in [-0.3, -0.25) is 4.79 Å². The van der Waals surface area contributed by atoms with Gasteiger partial charge in [0.25, 0.3) is 5.56 Å². The van der Waals surface area contributed by atoms with Crippen molar-refractivity contribution in [3.8, 4) is 11.5 Å². The lowest BCUT2D eigenvalue weighted by molar-refractivity contribution is 0.174. The molecule has 0 saturated heterocycles. The number of benzene rings is 1. The van der Waals surface area contributed by atoms with Crippen LogP contribution in [-0.2, 0) is 16.6 Å². The van der Waals surface area contributed by atoms with Crippen LogP contribution in [0.3, 0.4) is 0 Å². The van der Waals surface area contributed by atoms with E-state index in [1.54, 1.807) is 12.1 Å². The number of nitrogens with zero attached hydrogens (tertiary/aromatic N) is 2. The normalized spacial score (nSPS) is 16.2. The molecule has 0 amide bonds. The van der Waals surface area contributed by atoms with E-state index in [2.05, 4.69) is 9.82 Å². The number of fused-ring (bicyclic) bond motifs is 1. The molecule has 2 heterocycles. The van der Waals surface area contributed by atoms with E-state index in [1.807, 2.05) is 0 Å². The smallest absolute Gasteiger partial charge is 0.266 e. The van der Waals surface area contributed by atoms with Crippen LogP contribution in [0.4, 0.5) is 0 Å². The van der Waals surface area contributed by atoms with Crippen molar-refractivity contribution >= 4 is 10.0 Å². The van der Waals surface area contributed by atoms with Crippen LogP contribution in [0.1, 0.15) is 24.5 Å². The molecule has 132 valence electrons. The van der Waals surface area contributed by atoms with Gasteiger partial charge in [-0.2, -0.15) is 5.10 Å². The minimum atomic E-state index is -3.71. The minimum absolute atomic E-state index is 0.0673. The molecule has 2 aliphatic rings. The Hall–Kier alpha value is -2.39. The van der Waals surface area contributed by atoms with Gasteiger partial charge in [0.05, 0.1) is 17.1 Å². The SMILES string of the molecule is O=c1ccc(C2CC2)nn1CCNS(=O)(=O)c1ccc2c(c1)OCO2. The highest BCUT2D eigenvalue weighted by Gasteiger charge is 2.25. The number of sulfonamides is 1. The number of nitrogens with one attached hydrogen (secondary N) is 1. The molecule has 8 nitrogen and oxygen atoms in total. The van der Waals surface area contributed by atoms with Crippen molar-refractivity contribution in [1.29, 1.82) is 0 Å². The molecule has 0 unspecified atom stereocenters. The summed E-state index contributed by atoms with van der Waals surface area (Å²) in [7, 11) is -3.71. The predicted molar refractivity (Wildman–Crippen MR) is 88.2 cm³/mol. The Labute approximate surface area is 144 Å². The van der Waals surface area contributed by atoms with Gasteiger partial charge in [0.2, 0.25) is 16.8 Å². The van der Waals surface area contributed by atoms with Crippen molar-refractivity contribution in [2.24, 2.45) is 0 Å². The molecule has 1 N–H and O–H groups in total. The summed E-state index contributed by atoms with van der Waals surface area (Å²) in [5.41, 5.74) is 0.643.